The molecule has 0 radical (unpaired) electrons. The molecule has 1 aliphatic carbocycles. The van der Waals surface area contributed by atoms with Crippen molar-refractivity contribution in [2.45, 2.75) is 70.3 Å². The van der Waals surface area contributed by atoms with E-state index in [9.17, 15) is 30.7 Å². The van der Waals surface area contributed by atoms with Gasteiger partial charge in [0, 0.05) is 29.3 Å². The number of benzene rings is 4. The summed E-state index contributed by atoms with van der Waals surface area (Å²) in [6.45, 7) is 2.22. The first-order valence-electron chi connectivity index (χ1n) is 15.7. The quantitative estimate of drug-likeness (QED) is 0.0885. The Morgan fingerprint density at radius 3 is 1.87 bits per heavy atom. The van der Waals surface area contributed by atoms with Gasteiger partial charge in [0.15, 0.2) is 17.5 Å². The molecular weight excluding hydrogens is 624 g/mol. The minimum absolute atomic E-state index is 0.0341. The summed E-state index contributed by atoms with van der Waals surface area (Å²) in [5, 5.41) is 0. The van der Waals surface area contributed by atoms with Gasteiger partial charge in [-0.1, -0.05) is 69.0 Å². The first-order valence-corrected chi connectivity index (χ1v) is 15.7. The van der Waals surface area contributed by atoms with Crippen LogP contribution in [-0.4, -0.2) is 6.11 Å². The number of hydrogen-bond donors (Lipinski definition) is 0. The van der Waals surface area contributed by atoms with Crippen LogP contribution in [0.15, 0.2) is 72.8 Å². The van der Waals surface area contributed by atoms with E-state index in [2.05, 4.69) is 23.8 Å². The summed E-state index contributed by atoms with van der Waals surface area (Å²) >= 11 is 0. The maximum Gasteiger partial charge on any atom is 0.419 e. The fourth-order valence-electron chi connectivity index (χ4n) is 6.21. The van der Waals surface area contributed by atoms with Gasteiger partial charge in [0.2, 0.25) is 0 Å². The number of rotatable bonds is 11. The Kier molecular flexibility index (Phi) is 10.7. The minimum Gasteiger partial charge on any atom is -0.429 e. The molecule has 0 saturated heterocycles. The summed E-state index contributed by atoms with van der Waals surface area (Å²) < 4.78 is 117. The fourth-order valence-corrected chi connectivity index (χ4v) is 6.21. The Bertz CT molecular complexity index is 1680. The SMILES string of the molecule is CCCCCC1CCC(c2ccc(-c3ccc(-c4cc(F)c(C=CC(F)(F)Oc5cc(F)c(F)c(F)c5)c(F)c4)c(F)c3)cc2)CC1. The van der Waals surface area contributed by atoms with E-state index in [0.29, 0.717) is 17.6 Å². The number of ether oxygens (including phenoxy) is 1. The summed E-state index contributed by atoms with van der Waals surface area (Å²) in [7, 11) is 0. The molecule has 9 heteroatoms. The van der Waals surface area contributed by atoms with Crippen LogP contribution in [0.2, 0.25) is 0 Å². The van der Waals surface area contributed by atoms with E-state index in [1.807, 2.05) is 12.1 Å². The molecular formula is C38H34F8O. The zero-order chi connectivity index (χ0) is 33.7. The highest BCUT2D eigenvalue weighted by Crippen LogP contribution is 2.39. The Balaban J connectivity index is 1.26. The van der Waals surface area contributed by atoms with E-state index in [-0.39, 0.29) is 29.3 Å². The standard InChI is InChI=1S/C38H34F8O/c1-2-3-4-5-23-6-8-24(9-7-23)25-10-12-26(13-11-25)27-14-15-30(32(39)18-27)28-19-33(40)31(34(41)20-28)16-17-38(45,46)47-29-21-35(42)37(44)36(43)22-29/h10-24H,2-9H2,1H3. The Labute approximate surface area is 268 Å². The Morgan fingerprint density at radius 1 is 0.681 bits per heavy atom. The number of halogens is 8. The maximum absolute atomic E-state index is 15.2. The Hall–Kier alpha value is -4.14. The monoisotopic (exact) mass is 658 g/mol. The van der Waals surface area contributed by atoms with Gasteiger partial charge in [-0.2, -0.15) is 8.78 Å². The van der Waals surface area contributed by atoms with Gasteiger partial charge in [0.25, 0.3) is 0 Å². The van der Waals surface area contributed by atoms with Crippen LogP contribution in [0.4, 0.5) is 35.1 Å². The van der Waals surface area contributed by atoms with E-state index in [0.717, 1.165) is 36.5 Å². The third kappa shape index (κ3) is 8.42. The largest absolute Gasteiger partial charge is 0.429 e. The van der Waals surface area contributed by atoms with Gasteiger partial charge in [-0.15, -0.1) is 0 Å². The molecule has 0 aromatic heterocycles. The Morgan fingerprint density at radius 2 is 1.28 bits per heavy atom. The minimum atomic E-state index is -4.28. The smallest absolute Gasteiger partial charge is 0.419 e. The zero-order valence-electron chi connectivity index (χ0n) is 25.7. The summed E-state index contributed by atoms with van der Waals surface area (Å²) in [4.78, 5) is 0. The molecule has 5 rings (SSSR count). The normalized spacial score (nSPS) is 17.0. The molecule has 0 aliphatic heterocycles. The van der Waals surface area contributed by atoms with E-state index >= 15 is 4.39 Å². The van der Waals surface area contributed by atoms with Gasteiger partial charge < -0.3 is 4.74 Å². The van der Waals surface area contributed by atoms with Crippen LogP contribution in [-0.2, 0) is 0 Å². The molecule has 0 N–H and O–H groups in total. The van der Waals surface area contributed by atoms with Crippen LogP contribution in [0.3, 0.4) is 0 Å². The predicted octanol–water partition coefficient (Wildman–Crippen LogP) is 12.4. The van der Waals surface area contributed by atoms with Crippen molar-refractivity contribution in [3.05, 3.63) is 119 Å². The molecule has 0 amide bonds. The predicted molar refractivity (Wildman–Crippen MR) is 167 cm³/mol. The second-order valence-corrected chi connectivity index (χ2v) is 12.1. The molecule has 0 heterocycles. The molecule has 4 aromatic rings. The average Bonchev–Trinajstić information content (AvgIpc) is 3.03. The summed E-state index contributed by atoms with van der Waals surface area (Å²) in [5.74, 6) is -8.37. The summed E-state index contributed by atoms with van der Waals surface area (Å²) in [6, 6.07) is 14.3. The molecule has 47 heavy (non-hydrogen) atoms. The van der Waals surface area contributed by atoms with Crippen molar-refractivity contribution in [3.63, 3.8) is 0 Å². The summed E-state index contributed by atoms with van der Waals surface area (Å²) in [5.41, 5.74) is 1.52. The molecule has 0 atom stereocenters. The molecule has 0 bridgehead atoms. The van der Waals surface area contributed by atoms with Gasteiger partial charge in [-0.25, -0.2) is 26.3 Å². The number of alkyl halides is 2. The fraction of sp³-hybridized carbons (Fsp3) is 0.316. The van der Waals surface area contributed by atoms with Crippen LogP contribution in [0.5, 0.6) is 5.75 Å². The van der Waals surface area contributed by atoms with E-state index in [1.165, 1.54) is 56.2 Å². The highest BCUT2D eigenvalue weighted by atomic mass is 19.3. The molecule has 4 aromatic carbocycles. The van der Waals surface area contributed by atoms with Crippen LogP contribution < -0.4 is 4.74 Å². The highest BCUT2D eigenvalue weighted by molar-refractivity contribution is 5.72. The molecule has 248 valence electrons. The lowest BCUT2D eigenvalue weighted by Crippen LogP contribution is -2.21. The lowest BCUT2D eigenvalue weighted by Gasteiger charge is -2.29. The van der Waals surface area contributed by atoms with Gasteiger partial charge in [0.05, 0.1) is 0 Å². The van der Waals surface area contributed by atoms with Gasteiger partial charge >= 0.3 is 6.11 Å². The first-order chi connectivity index (χ1) is 22.4. The molecule has 1 nitrogen and oxygen atoms in total. The lowest BCUT2D eigenvalue weighted by atomic mass is 9.77. The third-order valence-corrected chi connectivity index (χ3v) is 8.79. The lowest BCUT2D eigenvalue weighted by molar-refractivity contribution is -0.131. The molecule has 1 saturated carbocycles. The van der Waals surface area contributed by atoms with Crippen LogP contribution in [0.1, 0.15) is 75.3 Å². The molecule has 1 fully saturated rings. The van der Waals surface area contributed by atoms with Crippen molar-refractivity contribution >= 4 is 6.08 Å². The van der Waals surface area contributed by atoms with Crippen LogP contribution >= 0.6 is 0 Å². The van der Waals surface area contributed by atoms with Crippen molar-refractivity contribution in [1.29, 1.82) is 0 Å². The zero-order valence-corrected chi connectivity index (χ0v) is 25.7. The second-order valence-electron chi connectivity index (χ2n) is 12.1. The number of unbranched alkanes of at least 4 members (excludes halogenated alkanes) is 2. The topological polar surface area (TPSA) is 9.23 Å². The second kappa shape index (κ2) is 14.7. The third-order valence-electron chi connectivity index (χ3n) is 8.79. The van der Waals surface area contributed by atoms with Crippen molar-refractivity contribution in [1.82, 2.24) is 0 Å². The molecule has 0 unspecified atom stereocenters. The highest BCUT2D eigenvalue weighted by Gasteiger charge is 2.29. The number of hydrogen-bond acceptors (Lipinski definition) is 1. The van der Waals surface area contributed by atoms with Gasteiger partial charge in [0.1, 0.15) is 23.2 Å². The van der Waals surface area contributed by atoms with Crippen molar-refractivity contribution in [2.75, 3.05) is 0 Å². The maximum atomic E-state index is 15.2. The van der Waals surface area contributed by atoms with Gasteiger partial charge in [-0.3, -0.25) is 0 Å². The molecule has 1 aliphatic rings. The van der Waals surface area contributed by atoms with E-state index in [4.69, 9.17) is 0 Å². The van der Waals surface area contributed by atoms with Crippen molar-refractivity contribution in [3.8, 4) is 28.0 Å². The van der Waals surface area contributed by atoms with Crippen LogP contribution in [0, 0.1) is 40.8 Å². The van der Waals surface area contributed by atoms with Gasteiger partial charge in [-0.05, 0) is 84.0 Å². The summed E-state index contributed by atoms with van der Waals surface area (Å²) in [6.07, 6.45) is 6.02. The average molecular weight is 659 g/mol. The molecule has 0 spiro atoms. The van der Waals surface area contributed by atoms with E-state index < -0.39 is 52.3 Å². The van der Waals surface area contributed by atoms with Crippen LogP contribution in [0.25, 0.3) is 28.3 Å². The van der Waals surface area contributed by atoms with Crippen molar-refractivity contribution < 1.29 is 39.9 Å². The van der Waals surface area contributed by atoms with E-state index in [1.54, 1.807) is 6.07 Å². The van der Waals surface area contributed by atoms with Crippen molar-refractivity contribution in [2.24, 2.45) is 5.92 Å². The first kappa shape index (κ1) is 34.2.